The average Bonchev–Trinajstić information content (AvgIpc) is 3.56. The van der Waals surface area contributed by atoms with Gasteiger partial charge in [-0.25, -0.2) is 19.9 Å². The molecular formula is C21H23ClN8S2. The van der Waals surface area contributed by atoms with E-state index in [0.717, 1.165) is 61.5 Å². The molecule has 6 rings (SSSR count). The molecule has 1 aliphatic heterocycles. The lowest BCUT2D eigenvalue weighted by molar-refractivity contribution is 0.371. The van der Waals surface area contributed by atoms with Crippen LogP contribution in [0.4, 0.5) is 5.13 Å². The highest BCUT2D eigenvalue weighted by Crippen LogP contribution is 2.38. The Morgan fingerprint density at radius 3 is 2.88 bits per heavy atom. The van der Waals surface area contributed by atoms with Crippen LogP contribution in [0.15, 0.2) is 37.2 Å². The molecule has 8 nitrogen and oxygen atoms in total. The van der Waals surface area contributed by atoms with Gasteiger partial charge in [-0.3, -0.25) is 0 Å². The van der Waals surface area contributed by atoms with E-state index < -0.39 is 0 Å². The Morgan fingerprint density at radius 2 is 2.09 bits per heavy atom. The van der Waals surface area contributed by atoms with E-state index in [2.05, 4.69) is 40.2 Å². The number of imidazole rings is 1. The van der Waals surface area contributed by atoms with Crippen molar-refractivity contribution in [1.82, 2.24) is 34.8 Å². The highest BCUT2D eigenvalue weighted by atomic mass is 35.5. The van der Waals surface area contributed by atoms with Crippen molar-refractivity contribution >= 4 is 60.8 Å². The van der Waals surface area contributed by atoms with E-state index in [1.165, 1.54) is 0 Å². The Hall–Kier alpha value is -2.53. The van der Waals surface area contributed by atoms with E-state index in [1.807, 2.05) is 23.2 Å². The van der Waals surface area contributed by atoms with Gasteiger partial charge < -0.3 is 19.8 Å². The zero-order chi connectivity index (χ0) is 20.9. The van der Waals surface area contributed by atoms with Crippen molar-refractivity contribution in [2.45, 2.75) is 31.8 Å². The molecule has 5 aromatic heterocycles. The molecule has 0 bridgehead atoms. The number of nitrogens with zero attached hydrogens (tertiary/aromatic N) is 6. The van der Waals surface area contributed by atoms with E-state index in [0.29, 0.717) is 12.1 Å². The fraction of sp³-hybridized carbons (Fsp3) is 0.333. The molecule has 0 saturated carbocycles. The molecular weight excluding hydrogens is 464 g/mol. The summed E-state index contributed by atoms with van der Waals surface area (Å²) in [6, 6.07) is 3.13. The monoisotopic (exact) mass is 486 g/mol. The maximum atomic E-state index is 4.91. The van der Waals surface area contributed by atoms with Crippen LogP contribution in [-0.2, 0) is 0 Å². The molecule has 0 spiro atoms. The number of hydrogen-bond donors (Lipinski definition) is 2. The lowest BCUT2D eigenvalue weighted by atomic mass is 10.00. The SMILES string of the molecule is C[C@H]1C[C@H](N(C)c2nc3sc(-c4ncc(-n5ccnc5)c5cc[nH]c45)nc3s2)CCN1.Cl. The van der Waals surface area contributed by atoms with Gasteiger partial charge in [0, 0.05) is 43.1 Å². The zero-order valence-corrected chi connectivity index (χ0v) is 20.1. The van der Waals surface area contributed by atoms with Crippen LogP contribution in [0.1, 0.15) is 19.8 Å². The first-order valence-electron chi connectivity index (χ1n) is 10.4. The number of pyridine rings is 1. The minimum atomic E-state index is 0. The normalized spacial score (nSPS) is 18.8. The number of aromatic amines is 1. The summed E-state index contributed by atoms with van der Waals surface area (Å²) < 4.78 is 1.97. The third-order valence-electron chi connectivity index (χ3n) is 5.97. The summed E-state index contributed by atoms with van der Waals surface area (Å²) >= 11 is 3.27. The number of nitrogens with one attached hydrogen (secondary N) is 2. The molecule has 166 valence electrons. The predicted molar refractivity (Wildman–Crippen MR) is 134 cm³/mol. The van der Waals surface area contributed by atoms with Crippen molar-refractivity contribution in [2.75, 3.05) is 18.5 Å². The third-order valence-corrected chi connectivity index (χ3v) is 8.10. The van der Waals surface area contributed by atoms with Crippen LogP contribution in [0.5, 0.6) is 0 Å². The molecule has 6 heterocycles. The molecule has 2 N–H and O–H groups in total. The number of H-pyrrole nitrogens is 1. The number of rotatable bonds is 4. The van der Waals surface area contributed by atoms with Crippen molar-refractivity contribution in [3.63, 3.8) is 0 Å². The van der Waals surface area contributed by atoms with Crippen LogP contribution in [-0.4, -0.2) is 55.2 Å². The van der Waals surface area contributed by atoms with Gasteiger partial charge in [0.2, 0.25) is 0 Å². The van der Waals surface area contributed by atoms with Gasteiger partial charge in [0.15, 0.2) is 14.8 Å². The molecule has 0 unspecified atom stereocenters. The molecule has 5 aromatic rings. The zero-order valence-electron chi connectivity index (χ0n) is 17.6. The van der Waals surface area contributed by atoms with Crippen molar-refractivity contribution in [1.29, 1.82) is 0 Å². The van der Waals surface area contributed by atoms with Gasteiger partial charge >= 0.3 is 0 Å². The Kier molecular flexibility index (Phi) is 5.62. The molecule has 32 heavy (non-hydrogen) atoms. The maximum Gasteiger partial charge on any atom is 0.188 e. The lowest BCUT2D eigenvalue weighted by Gasteiger charge is -2.34. The molecule has 0 aliphatic carbocycles. The van der Waals surface area contributed by atoms with Crippen molar-refractivity contribution in [3.05, 3.63) is 37.2 Å². The van der Waals surface area contributed by atoms with E-state index in [1.54, 1.807) is 35.2 Å². The lowest BCUT2D eigenvalue weighted by Crippen LogP contribution is -2.45. The number of hydrogen-bond acceptors (Lipinski definition) is 8. The number of halogens is 1. The molecule has 2 atom stereocenters. The fourth-order valence-corrected chi connectivity index (χ4v) is 6.38. The molecule has 1 saturated heterocycles. The molecule has 1 fully saturated rings. The molecule has 11 heteroatoms. The van der Waals surface area contributed by atoms with Gasteiger partial charge in [-0.15, -0.1) is 12.4 Å². The van der Waals surface area contributed by atoms with E-state index in [4.69, 9.17) is 15.0 Å². The summed E-state index contributed by atoms with van der Waals surface area (Å²) in [4.78, 5) is 26.3. The Balaban J connectivity index is 0.00000216. The van der Waals surface area contributed by atoms with Gasteiger partial charge in [-0.2, -0.15) is 0 Å². The van der Waals surface area contributed by atoms with E-state index in [9.17, 15) is 0 Å². The van der Waals surface area contributed by atoms with Crippen LogP contribution in [0.3, 0.4) is 0 Å². The Morgan fingerprint density at radius 1 is 1.22 bits per heavy atom. The Bertz CT molecular complexity index is 1320. The first-order chi connectivity index (χ1) is 15.2. The molecule has 0 amide bonds. The van der Waals surface area contributed by atoms with Gasteiger partial charge in [0.05, 0.1) is 23.7 Å². The van der Waals surface area contributed by atoms with Crippen LogP contribution >= 0.6 is 35.1 Å². The summed E-state index contributed by atoms with van der Waals surface area (Å²) in [5.74, 6) is 0. The van der Waals surface area contributed by atoms with Crippen molar-refractivity contribution in [3.8, 4) is 16.4 Å². The van der Waals surface area contributed by atoms with Crippen molar-refractivity contribution < 1.29 is 0 Å². The average molecular weight is 487 g/mol. The van der Waals surface area contributed by atoms with Gasteiger partial charge in [0.1, 0.15) is 10.7 Å². The second kappa shape index (κ2) is 8.43. The van der Waals surface area contributed by atoms with Crippen molar-refractivity contribution in [2.24, 2.45) is 0 Å². The highest BCUT2D eigenvalue weighted by molar-refractivity contribution is 7.29. The smallest absolute Gasteiger partial charge is 0.188 e. The van der Waals surface area contributed by atoms with Crippen LogP contribution in [0, 0.1) is 0 Å². The number of thiazole rings is 2. The largest absolute Gasteiger partial charge is 0.359 e. The molecule has 0 aromatic carbocycles. The third kappa shape index (κ3) is 3.57. The standard InChI is InChI=1S/C21H22N8S2.ClH/c1-12-9-13(3-5-23-12)28(2)21-27-20-19(31-21)26-18(30-20)17-16-14(4-6-24-16)15(10-25-17)29-8-7-22-11-29;/h4,6-8,10-13,23-24H,3,5,9H2,1-2H3;1H/t12-,13+;/m0./s1. The summed E-state index contributed by atoms with van der Waals surface area (Å²) in [6.45, 7) is 3.31. The maximum absolute atomic E-state index is 4.91. The molecule has 1 aliphatic rings. The quantitative estimate of drug-likeness (QED) is 0.389. The van der Waals surface area contributed by atoms with E-state index >= 15 is 0 Å². The minimum Gasteiger partial charge on any atom is -0.359 e. The summed E-state index contributed by atoms with van der Waals surface area (Å²) in [7, 11) is 2.16. The first kappa shape index (κ1) is 21.3. The predicted octanol–water partition coefficient (Wildman–Crippen LogP) is 4.48. The number of piperidine rings is 1. The topological polar surface area (TPSA) is 87.6 Å². The summed E-state index contributed by atoms with van der Waals surface area (Å²) in [6.07, 6.45) is 11.6. The Labute approximate surface area is 199 Å². The van der Waals surface area contributed by atoms with Crippen LogP contribution < -0.4 is 10.2 Å². The van der Waals surface area contributed by atoms with E-state index in [-0.39, 0.29) is 12.4 Å². The highest BCUT2D eigenvalue weighted by Gasteiger charge is 2.25. The van der Waals surface area contributed by atoms with Gasteiger partial charge in [0.25, 0.3) is 0 Å². The minimum absolute atomic E-state index is 0. The first-order valence-corrected chi connectivity index (χ1v) is 12.0. The van der Waals surface area contributed by atoms with Crippen LogP contribution in [0.2, 0.25) is 0 Å². The fourth-order valence-electron chi connectivity index (χ4n) is 4.31. The molecule has 0 radical (unpaired) electrons. The van der Waals surface area contributed by atoms with Gasteiger partial charge in [-0.1, -0.05) is 22.7 Å². The second-order valence-electron chi connectivity index (χ2n) is 8.00. The van der Waals surface area contributed by atoms with Gasteiger partial charge in [-0.05, 0) is 32.4 Å². The number of anilines is 1. The number of fused-ring (bicyclic) bond motifs is 2. The second-order valence-corrected chi connectivity index (χ2v) is 9.93. The summed E-state index contributed by atoms with van der Waals surface area (Å²) in [5, 5.41) is 6.56. The van der Waals surface area contributed by atoms with Crippen LogP contribution in [0.25, 0.3) is 37.0 Å². The summed E-state index contributed by atoms with van der Waals surface area (Å²) in [5.41, 5.74) is 2.84. The number of aromatic nitrogens is 6.